The number of esters is 1. The van der Waals surface area contributed by atoms with Crippen LogP contribution in [0.15, 0.2) is 16.8 Å². The minimum absolute atomic E-state index is 0.305. The van der Waals surface area contributed by atoms with Crippen molar-refractivity contribution >= 4 is 17.3 Å². The van der Waals surface area contributed by atoms with Crippen LogP contribution in [0.4, 0.5) is 0 Å². The smallest absolute Gasteiger partial charge is 0.335 e. The van der Waals surface area contributed by atoms with Gasteiger partial charge < -0.3 is 9.84 Å². The van der Waals surface area contributed by atoms with E-state index in [1.165, 1.54) is 0 Å². The maximum atomic E-state index is 11.0. The third-order valence-electron chi connectivity index (χ3n) is 1.57. The Kier molecular flexibility index (Phi) is 3.92. The van der Waals surface area contributed by atoms with Gasteiger partial charge in [0.15, 0.2) is 6.10 Å². The topological polar surface area (TPSA) is 46.5 Å². The van der Waals surface area contributed by atoms with E-state index < -0.39 is 12.1 Å². The molecule has 0 aromatic carbocycles. The number of thiophene rings is 1. The second-order valence-corrected chi connectivity index (χ2v) is 3.38. The number of rotatable bonds is 4. The summed E-state index contributed by atoms with van der Waals surface area (Å²) in [4.78, 5) is 11.0. The van der Waals surface area contributed by atoms with Gasteiger partial charge >= 0.3 is 5.97 Å². The number of carbonyl (C=O) groups excluding carboxylic acids is 1. The molecule has 1 atom stereocenters. The van der Waals surface area contributed by atoms with Crippen LogP contribution < -0.4 is 0 Å². The second kappa shape index (κ2) is 4.99. The molecule has 0 radical (unpaired) electrons. The zero-order chi connectivity index (χ0) is 9.68. The molecule has 0 fully saturated rings. The molecule has 1 aromatic rings. The summed E-state index contributed by atoms with van der Waals surface area (Å²) in [5.41, 5.74) is 0.963. The van der Waals surface area contributed by atoms with Crippen molar-refractivity contribution in [1.82, 2.24) is 0 Å². The van der Waals surface area contributed by atoms with E-state index in [2.05, 4.69) is 4.74 Å². The van der Waals surface area contributed by atoms with E-state index in [0.717, 1.165) is 5.56 Å². The Morgan fingerprint density at radius 1 is 1.77 bits per heavy atom. The van der Waals surface area contributed by atoms with Gasteiger partial charge in [-0.15, -0.1) is 0 Å². The van der Waals surface area contributed by atoms with E-state index in [0.29, 0.717) is 13.0 Å². The fraction of sp³-hybridized carbons (Fsp3) is 0.444. The summed E-state index contributed by atoms with van der Waals surface area (Å²) in [5.74, 6) is -0.547. The summed E-state index contributed by atoms with van der Waals surface area (Å²) in [7, 11) is 0. The molecule has 0 spiro atoms. The molecule has 0 saturated carbocycles. The monoisotopic (exact) mass is 200 g/mol. The minimum Gasteiger partial charge on any atom is -0.464 e. The average Bonchev–Trinajstić information content (AvgIpc) is 2.57. The van der Waals surface area contributed by atoms with Crippen molar-refractivity contribution < 1.29 is 14.6 Å². The summed E-state index contributed by atoms with van der Waals surface area (Å²) < 4.78 is 4.67. The summed E-state index contributed by atoms with van der Waals surface area (Å²) in [6.07, 6.45) is -0.697. The van der Waals surface area contributed by atoms with Crippen molar-refractivity contribution in [2.24, 2.45) is 0 Å². The largest absolute Gasteiger partial charge is 0.464 e. The highest BCUT2D eigenvalue weighted by atomic mass is 32.1. The highest BCUT2D eigenvalue weighted by molar-refractivity contribution is 7.07. The van der Waals surface area contributed by atoms with Gasteiger partial charge in [0.05, 0.1) is 6.61 Å². The van der Waals surface area contributed by atoms with Crippen molar-refractivity contribution in [2.75, 3.05) is 6.61 Å². The van der Waals surface area contributed by atoms with Crippen molar-refractivity contribution in [3.05, 3.63) is 22.4 Å². The van der Waals surface area contributed by atoms with Gasteiger partial charge in [0.1, 0.15) is 0 Å². The predicted octanol–water partition coefficient (Wildman–Crippen LogP) is 1.21. The van der Waals surface area contributed by atoms with Gasteiger partial charge in [0, 0.05) is 6.42 Å². The zero-order valence-corrected chi connectivity index (χ0v) is 8.21. The molecule has 13 heavy (non-hydrogen) atoms. The SMILES string of the molecule is CCOC(=O)C(O)Cc1ccsc1. The van der Waals surface area contributed by atoms with Gasteiger partial charge in [-0.1, -0.05) is 0 Å². The molecule has 0 saturated heterocycles. The fourth-order valence-corrected chi connectivity index (χ4v) is 1.64. The Labute approximate surface area is 81.0 Å². The molecule has 4 heteroatoms. The van der Waals surface area contributed by atoms with Crippen LogP contribution in [-0.2, 0) is 16.0 Å². The Balaban J connectivity index is 2.41. The zero-order valence-electron chi connectivity index (χ0n) is 7.40. The van der Waals surface area contributed by atoms with Gasteiger partial charge in [-0.05, 0) is 29.3 Å². The first-order valence-electron chi connectivity index (χ1n) is 4.09. The number of hydrogen-bond acceptors (Lipinski definition) is 4. The third-order valence-corrected chi connectivity index (χ3v) is 2.30. The summed E-state index contributed by atoms with van der Waals surface area (Å²) in [5, 5.41) is 13.2. The normalized spacial score (nSPS) is 12.5. The van der Waals surface area contributed by atoms with E-state index in [4.69, 9.17) is 0 Å². The standard InChI is InChI=1S/C9H12O3S/c1-2-12-9(11)8(10)5-7-3-4-13-6-7/h3-4,6,8,10H,2,5H2,1H3. The van der Waals surface area contributed by atoms with E-state index in [1.54, 1.807) is 18.3 Å². The van der Waals surface area contributed by atoms with Gasteiger partial charge in [-0.2, -0.15) is 11.3 Å². The molecule has 1 N–H and O–H groups in total. The first-order valence-corrected chi connectivity index (χ1v) is 5.04. The molecule has 0 aliphatic carbocycles. The van der Waals surface area contributed by atoms with Crippen molar-refractivity contribution in [1.29, 1.82) is 0 Å². The second-order valence-electron chi connectivity index (χ2n) is 2.60. The molecular formula is C9H12O3S. The Hall–Kier alpha value is -0.870. The van der Waals surface area contributed by atoms with Crippen LogP contribution in [0.1, 0.15) is 12.5 Å². The number of ether oxygens (including phenoxy) is 1. The number of hydrogen-bond donors (Lipinski definition) is 1. The molecule has 0 amide bonds. The van der Waals surface area contributed by atoms with Crippen molar-refractivity contribution in [3.63, 3.8) is 0 Å². The average molecular weight is 200 g/mol. The van der Waals surface area contributed by atoms with Gasteiger partial charge in [0.2, 0.25) is 0 Å². The van der Waals surface area contributed by atoms with Crippen LogP contribution in [0.3, 0.4) is 0 Å². The van der Waals surface area contributed by atoms with E-state index in [-0.39, 0.29) is 0 Å². The van der Waals surface area contributed by atoms with Crippen LogP contribution in [0.25, 0.3) is 0 Å². The summed E-state index contributed by atoms with van der Waals surface area (Å²) >= 11 is 1.54. The van der Waals surface area contributed by atoms with Crippen molar-refractivity contribution in [3.8, 4) is 0 Å². The lowest BCUT2D eigenvalue weighted by molar-refractivity contribution is -0.152. The molecule has 1 unspecified atom stereocenters. The maximum Gasteiger partial charge on any atom is 0.335 e. The van der Waals surface area contributed by atoms with Gasteiger partial charge in [-0.25, -0.2) is 4.79 Å². The molecule has 0 aliphatic rings. The highest BCUT2D eigenvalue weighted by Crippen LogP contribution is 2.09. The summed E-state index contributed by atoms with van der Waals surface area (Å²) in [6.45, 7) is 2.02. The highest BCUT2D eigenvalue weighted by Gasteiger charge is 2.16. The van der Waals surface area contributed by atoms with Gasteiger partial charge in [0.25, 0.3) is 0 Å². The number of carbonyl (C=O) groups is 1. The third kappa shape index (κ3) is 3.16. The maximum absolute atomic E-state index is 11.0. The lowest BCUT2D eigenvalue weighted by Crippen LogP contribution is -2.25. The molecule has 1 rings (SSSR count). The number of aliphatic hydroxyl groups excluding tert-OH is 1. The van der Waals surface area contributed by atoms with E-state index in [9.17, 15) is 9.90 Å². The molecule has 0 bridgehead atoms. The van der Waals surface area contributed by atoms with Crippen LogP contribution in [0, 0.1) is 0 Å². The molecule has 1 aromatic heterocycles. The van der Waals surface area contributed by atoms with Crippen LogP contribution in [0.5, 0.6) is 0 Å². The number of aliphatic hydroxyl groups is 1. The van der Waals surface area contributed by atoms with E-state index in [1.807, 2.05) is 16.8 Å². The van der Waals surface area contributed by atoms with Crippen molar-refractivity contribution in [2.45, 2.75) is 19.4 Å². The molecule has 0 aliphatic heterocycles. The molecular weight excluding hydrogens is 188 g/mol. The van der Waals surface area contributed by atoms with Gasteiger partial charge in [-0.3, -0.25) is 0 Å². The van der Waals surface area contributed by atoms with Crippen LogP contribution in [0.2, 0.25) is 0 Å². The first-order chi connectivity index (χ1) is 6.24. The predicted molar refractivity (Wildman–Crippen MR) is 50.7 cm³/mol. The summed E-state index contributed by atoms with van der Waals surface area (Å²) in [6, 6.07) is 1.88. The Morgan fingerprint density at radius 3 is 3.08 bits per heavy atom. The van der Waals surface area contributed by atoms with Crippen LogP contribution >= 0.6 is 11.3 Å². The van der Waals surface area contributed by atoms with Crippen LogP contribution in [-0.4, -0.2) is 23.8 Å². The molecule has 1 heterocycles. The van der Waals surface area contributed by atoms with E-state index >= 15 is 0 Å². The molecule has 72 valence electrons. The quantitative estimate of drug-likeness (QED) is 0.743. The fourth-order valence-electron chi connectivity index (χ4n) is 0.954. The molecule has 3 nitrogen and oxygen atoms in total. The lowest BCUT2D eigenvalue weighted by atomic mass is 10.1. The lowest BCUT2D eigenvalue weighted by Gasteiger charge is -2.07. The minimum atomic E-state index is -1.03. The Morgan fingerprint density at radius 2 is 2.54 bits per heavy atom. The Bertz CT molecular complexity index is 256. The first kappa shape index (κ1) is 10.2.